The molecule has 0 bridgehead atoms. The third kappa shape index (κ3) is 3.31. The maximum atomic E-state index is 12.2. The SMILES string of the molecule is O=C1CCCC(=Cc2ccccn2)C1=Cc1ccccn1. The number of rotatable bonds is 2. The number of aromatic nitrogens is 2. The lowest BCUT2D eigenvalue weighted by Gasteiger charge is -2.17. The first-order valence-electron chi connectivity index (χ1n) is 7.11. The summed E-state index contributed by atoms with van der Waals surface area (Å²) in [5, 5.41) is 0. The van der Waals surface area contributed by atoms with Crippen LogP contribution in [0, 0.1) is 0 Å². The number of carbonyl (C=O) groups is 1. The zero-order chi connectivity index (χ0) is 14.5. The molecule has 3 nitrogen and oxygen atoms in total. The van der Waals surface area contributed by atoms with Crippen LogP contribution < -0.4 is 0 Å². The maximum absolute atomic E-state index is 12.2. The topological polar surface area (TPSA) is 42.9 Å². The van der Waals surface area contributed by atoms with Crippen LogP contribution >= 0.6 is 0 Å². The van der Waals surface area contributed by atoms with Crippen LogP contribution in [0.3, 0.4) is 0 Å². The molecule has 21 heavy (non-hydrogen) atoms. The Bertz CT molecular complexity index is 688. The third-order valence-electron chi connectivity index (χ3n) is 3.49. The summed E-state index contributed by atoms with van der Waals surface area (Å²) in [4.78, 5) is 20.8. The highest BCUT2D eigenvalue weighted by molar-refractivity contribution is 6.05. The van der Waals surface area contributed by atoms with Crippen molar-refractivity contribution in [2.75, 3.05) is 0 Å². The Labute approximate surface area is 124 Å². The van der Waals surface area contributed by atoms with Crippen molar-refractivity contribution in [3.05, 3.63) is 71.3 Å². The molecule has 0 aromatic carbocycles. The van der Waals surface area contributed by atoms with Gasteiger partial charge >= 0.3 is 0 Å². The van der Waals surface area contributed by atoms with Crippen LogP contribution in [-0.4, -0.2) is 15.8 Å². The number of carbonyl (C=O) groups excluding carboxylic acids is 1. The van der Waals surface area contributed by atoms with Crippen molar-refractivity contribution in [1.29, 1.82) is 0 Å². The number of nitrogens with zero attached hydrogens (tertiary/aromatic N) is 2. The van der Waals surface area contributed by atoms with Crippen molar-refractivity contribution in [1.82, 2.24) is 9.97 Å². The summed E-state index contributed by atoms with van der Waals surface area (Å²) in [5.41, 5.74) is 3.52. The van der Waals surface area contributed by atoms with Gasteiger partial charge in [0.25, 0.3) is 0 Å². The minimum absolute atomic E-state index is 0.189. The highest BCUT2D eigenvalue weighted by Gasteiger charge is 2.20. The van der Waals surface area contributed by atoms with E-state index in [1.807, 2.05) is 48.6 Å². The Balaban J connectivity index is 1.99. The molecule has 2 aromatic rings. The molecule has 0 amide bonds. The fourth-order valence-electron chi connectivity index (χ4n) is 2.46. The smallest absolute Gasteiger partial charge is 0.163 e. The van der Waals surface area contributed by atoms with Gasteiger partial charge < -0.3 is 0 Å². The summed E-state index contributed by atoms with van der Waals surface area (Å²) in [6.07, 6.45) is 9.80. The van der Waals surface area contributed by atoms with E-state index in [2.05, 4.69) is 9.97 Å². The van der Waals surface area contributed by atoms with Gasteiger partial charge in [0, 0.05) is 24.4 Å². The minimum atomic E-state index is 0.189. The largest absolute Gasteiger partial charge is 0.294 e. The molecule has 0 saturated heterocycles. The highest BCUT2D eigenvalue weighted by atomic mass is 16.1. The molecular formula is C18H16N2O. The van der Waals surface area contributed by atoms with Gasteiger partial charge in [-0.3, -0.25) is 14.8 Å². The van der Waals surface area contributed by atoms with Crippen molar-refractivity contribution < 1.29 is 4.79 Å². The summed E-state index contributed by atoms with van der Waals surface area (Å²) in [6.45, 7) is 0. The lowest BCUT2D eigenvalue weighted by molar-refractivity contribution is -0.115. The number of Topliss-reactive ketones (excluding diaryl/α,β-unsaturated/α-hetero) is 1. The molecule has 0 atom stereocenters. The van der Waals surface area contributed by atoms with Crippen LogP contribution in [0.25, 0.3) is 12.2 Å². The molecule has 0 radical (unpaired) electrons. The molecule has 2 heterocycles. The summed E-state index contributed by atoms with van der Waals surface area (Å²) in [5.74, 6) is 0.189. The monoisotopic (exact) mass is 276 g/mol. The Hall–Kier alpha value is -2.55. The van der Waals surface area contributed by atoms with E-state index in [4.69, 9.17) is 0 Å². The zero-order valence-corrected chi connectivity index (χ0v) is 11.7. The van der Waals surface area contributed by atoms with Crippen molar-refractivity contribution in [2.45, 2.75) is 19.3 Å². The number of pyridine rings is 2. The molecule has 1 aliphatic rings. The van der Waals surface area contributed by atoms with Crippen molar-refractivity contribution in [3.63, 3.8) is 0 Å². The molecule has 2 aromatic heterocycles. The van der Waals surface area contributed by atoms with Gasteiger partial charge in [0.2, 0.25) is 0 Å². The lowest BCUT2D eigenvalue weighted by Crippen LogP contribution is -2.11. The maximum Gasteiger partial charge on any atom is 0.163 e. The molecule has 0 unspecified atom stereocenters. The Morgan fingerprint density at radius 2 is 1.52 bits per heavy atom. The lowest BCUT2D eigenvalue weighted by atomic mass is 9.87. The fourth-order valence-corrected chi connectivity index (χ4v) is 2.46. The van der Waals surface area contributed by atoms with Gasteiger partial charge in [0.15, 0.2) is 5.78 Å². The Kier molecular flexibility index (Phi) is 4.01. The number of allylic oxidation sites excluding steroid dienone is 2. The Morgan fingerprint density at radius 1 is 0.857 bits per heavy atom. The summed E-state index contributed by atoms with van der Waals surface area (Å²) >= 11 is 0. The second kappa shape index (κ2) is 6.27. The van der Waals surface area contributed by atoms with Gasteiger partial charge in [-0.1, -0.05) is 12.1 Å². The first kappa shape index (κ1) is 13.4. The molecule has 0 N–H and O–H groups in total. The van der Waals surface area contributed by atoms with Gasteiger partial charge in [-0.2, -0.15) is 0 Å². The van der Waals surface area contributed by atoms with E-state index < -0.39 is 0 Å². The van der Waals surface area contributed by atoms with Gasteiger partial charge in [0.1, 0.15) is 0 Å². The standard InChI is InChI=1S/C18H16N2O/c21-18-9-5-6-14(12-15-7-1-3-10-19-15)17(18)13-16-8-2-4-11-20-16/h1-4,7-8,10-13H,5-6,9H2. The van der Waals surface area contributed by atoms with Crippen molar-refractivity contribution in [3.8, 4) is 0 Å². The minimum Gasteiger partial charge on any atom is -0.294 e. The summed E-state index contributed by atoms with van der Waals surface area (Å²) in [7, 11) is 0. The van der Waals surface area contributed by atoms with Crippen LogP contribution in [0.4, 0.5) is 0 Å². The normalized spacial score (nSPS) is 19.1. The third-order valence-corrected chi connectivity index (χ3v) is 3.49. The van der Waals surface area contributed by atoms with Gasteiger partial charge in [0.05, 0.1) is 11.4 Å². The van der Waals surface area contributed by atoms with Crippen LogP contribution in [-0.2, 0) is 4.79 Å². The molecular weight excluding hydrogens is 260 g/mol. The second-order valence-electron chi connectivity index (χ2n) is 5.01. The molecule has 0 spiro atoms. The van der Waals surface area contributed by atoms with E-state index in [1.54, 1.807) is 12.4 Å². The molecule has 0 aliphatic heterocycles. The highest BCUT2D eigenvalue weighted by Crippen LogP contribution is 2.29. The molecule has 104 valence electrons. The van der Waals surface area contributed by atoms with Crippen LogP contribution in [0.15, 0.2) is 59.9 Å². The summed E-state index contributed by atoms with van der Waals surface area (Å²) in [6, 6.07) is 11.5. The quantitative estimate of drug-likeness (QED) is 0.785. The summed E-state index contributed by atoms with van der Waals surface area (Å²) < 4.78 is 0. The van der Waals surface area contributed by atoms with Gasteiger partial charge in [-0.15, -0.1) is 0 Å². The predicted octanol–water partition coefficient (Wildman–Crippen LogP) is 3.70. The number of ketones is 1. The molecule has 1 fully saturated rings. The van der Waals surface area contributed by atoms with Crippen LogP contribution in [0.5, 0.6) is 0 Å². The van der Waals surface area contributed by atoms with E-state index in [-0.39, 0.29) is 5.78 Å². The van der Waals surface area contributed by atoms with E-state index >= 15 is 0 Å². The van der Waals surface area contributed by atoms with Crippen LogP contribution in [0.1, 0.15) is 30.7 Å². The van der Waals surface area contributed by atoms with Crippen molar-refractivity contribution >= 4 is 17.9 Å². The van der Waals surface area contributed by atoms with Gasteiger partial charge in [-0.25, -0.2) is 0 Å². The first-order chi connectivity index (χ1) is 10.3. The molecule has 3 rings (SSSR count). The number of hydrogen-bond acceptors (Lipinski definition) is 3. The number of hydrogen-bond donors (Lipinski definition) is 0. The first-order valence-corrected chi connectivity index (χ1v) is 7.11. The molecule has 1 saturated carbocycles. The van der Waals surface area contributed by atoms with E-state index in [0.29, 0.717) is 6.42 Å². The van der Waals surface area contributed by atoms with E-state index in [9.17, 15) is 4.79 Å². The van der Waals surface area contributed by atoms with E-state index in [1.165, 1.54) is 0 Å². The molecule has 1 aliphatic carbocycles. The van der Waals surface area contributed by atoms with E-state index in [0.717, 1.165) is 35.4 Å². The molecule has 3 heteroatoms. The Morgan fingerprint density at radius 3 is 2.14 bits per heavy atom. The average Bonchev–Trinajstić information content (AvgIpc) is 2.53. The van der Waals surface area contributed by atoms with Gasteiger partial charge in [-0.05, 0) is 54.8 Å². The zero-order valence-electron chi connectivity index (χ0n) is 11.7. The predicted molar refractivity (Wildman–Crippen MR) is 83.3 cm³/mol. The van der Waals surface area contributed by atoms with Crippen LogP contribution in [0.2, 0.25) is 0 Å². The van der Waals surface area contributed by atoms with Crippen molar-refractivity contribution in [2.24, 2.45) is 0 Å². The fraction of sp³-hybridized carbons (Fsp3) is 0.167. The average molecular weight is 276 g/mol. The second-order valence-corrected chi connectivity index (χ2v) is 5.01.